The number of nitrogens with one attached hydrogen (secondary N) is 1. The predicted octanol–water partition coefficient (Wildman–Crippen LogP) is 2.80. The SMILES string of the molecule is O=C(Cc1c[nH]c2ccccc12)N1CCC(Cc2nncn2CC2CC2)C1. The molecule has 1 amide bonds. The van der Waals surface area contributed by atoms with Crippen molar-refractivity contribution < 1.29 is 4.79 Å². The lowest BCUT2D eigenvalue weighted by molar-refractivity contribution is -0.129. The average Bonchev–Trinajstić information content (AvgIpc) is 3.06. The number of aromatic nitrogens is 4. The van der Waals surface area contributed by atoms with Gasteiger partial charge in [-0.25, -0.2) is 0 Å². The van der Waals surface area contributed by atoms with E-state index in [2.05, 4.69) is 25.8 Å². The van der Waals surface area contributed by atoms with Crippen molar-refractivity contribution in [2.75, 3.05) is 13.1 Å². The van der Waals surface area contributed by atoms with Gasteiger partial charge in [-0.3, -0.25) is 4.79 Å². The zero-order valence-corrected chi connectivity index (χ0v) is 15.5. The normalized spacial score (nSPS) is 19.9. The summed E-state index contributed by atoms with van der Waals surface area (Å²) in [6.07, 6.45) is 8.93. The van der Waals surface area contributed by atoms with Gasteiger partial charge in [0.2, 0.25) is 5.91 Å². The van der Waals surface area contributed by atoms with Gasteiger partial charge >= 0.3 is 0 Å². The molecule has 140 valence electrons. The summed E-state index contributed by atoms with van der Waals surface area (Å²) in [7, 11) is 0. The Balaban J connectivity index is 1.20. The number of aromatic amines is 1. The summed E-state index contributed by atoms with van der Waals surface area (Å²) in [5.41, 5.74) is 2.18. The third-order valence-electron chi connectivity index (χ3n) is 5.97. The minimum atomic E-state index is 0.224. The first-order chi connectivity index (χ1) is 13.3. The maximum absolute atomic E-state index is 12.8. The fraction of sp³-hybridized carbons (Fsp3) is 0.476. The molecule has 27 heavy (non-hydrogen) atoms. The van der Waals surface area contributed by atoms with Gasteiger partial charge in [-0.05, 0) is 42.7 Å². The smallest absolute Gasteiger partial charge is 0.227 e. The molecule has 5 rings (SSSR count). The molecule has 1 aromatic carbocycles. The molecule has 1 saturated heterocycles. The van der Waals surface area contributed by atoms with Gasteiger partial charge in [0, 0.05) is 43.2 Å². The summed E-state index contributed by atoms with van der Waals surface area (Å²) < 4.78 is 2.22. The number of likely N-dealkylation sites (tertiary alicyclic amines) is 1. The van der Waals surface area contributed by atoms with E-state index in [0.29, 0.717) is 12.3 Å². The quantitative estimate of drug-likeness (QED) is 0.732. The first-order valence-electron chi connectivity index (χ1n) is 9.95. The maximum atomic E-state index is 12.8. The second-order valence-electron chi connectivity index (χ2n) is 8.08. The van der Waals surface area contributed by atoms with Crippen LogP contribution in [-0.2, 0) is 24.2 Å². The van der Waals surface area contributed by atoms with Crippen molar-refractivity contribution in [3.05, 3.63) is 48.2 Å². The van der Waals surface area contributed by atoms with Crippen molar-refractivity contribution in [2.24, 2.45) is 11.8 Å². The molecular weight excluding hydrogens is 338 g/mol. The van der Waals surface area contributed by atoms with E-state index in [1.165, 1.54) is 12.8 Å². The third kappa shape index (κ3) is 3.48. The van der Waals surface area contributed by atoms with Gasteiger partial charge in [0.15, 0.2) is 0 Å². The van der Waals surface area contributed by atoms with Crippen LogP contribution in [0, 0.1) is 11.8 Å². The van der Waals surface area contributed by atoms with Gasteiger partial charge < -0.3 is 14.5 Å². The monoisotopic (exact) mass is 363 g/mol. The molecule has 0 bridgehead atoms. The molecule has 1 atom stereocenters. The molecule has 3 aromatic rings. The Morgan fingerprint density at radius 2 is 2.07 bits per heavy atom. The summed E-state index contributed by atoms with van der Waals surface area (Å²) in [4.78, 5) is 18.1. The lowest BCUT2D eigenvalue weighted by atomic mass is 10.0. The number of rotatable bonds is 6. The molecule has 1 saturated carbocycles. The highest BCUT2D eigenvalue weighted by molar-refractivity contribution is 5.88. The van der Waals surface area contributed by atoms with Crippen LogP contribution in [0.3, 0.4) is 0 Å². The third-order valence-corrected chi connectivity index (χ3v) is 5.97. The minimum absolute atomic E-state index is 0.224. The van der Waals surface area contributed by atoms with Crippen LogP contribution in [0.5, 0.6) is 0 Å². The molecule has 2 aromatic heterocycles. The lowest BCUT2D eigenvalue weighted by Crippen LogP contribution is -2.30. The van der Waals surface area contributed by atoms with Crippen LogP contribution < -0.4 is 0 Å². The van der Waals surface area contributed by atoms with Crippen molar-refractivity contribution in [1.82, 2.24) is 24.6 Å². The average molecular weight is 363 g/mol. The van der Waals surface area contributed by atoms with Gasteiger partial charge in [-0.2, -0.15) is 0 Å². The Labute approximate surface area is 158 Å². The van der Waals surface area contributed by atoms with Crippen LogP contribution >= 0.6 is 0 Å². The fourth-order valence-corrected chi connectivity index (χ4v) is 4.20. The second kappa shape index (κ2) is 6.83. The Hall–Kier alpha value is -2.63. The second-order valence-corrected chi connectivity index (χ2v) is 8.08. The fourth-order valence-electron chi connectivity index (χ4n) is 4.20. The number of nitrogens with zero attached hydrogens (tertiary/aromatic N) is 4. The Kier molecular flexibility index (Phi) is 4.19. The molecule has 1 aliphatic heterocycles. The van der Waals surface area contributed by atoms with E-state index in [1.54, 1.807) is 0 Å². The topological polar surface area (TPSA) is 66.8 Å². The molecular formula is C21H25N5O. The van der Waals surface area contributed by atoms with Crippen LogP contribution in [0.4, 0.5) is 0 Å². The van der Waals surface area contributed by atoms with Crippen LogP contribution in [0.15, 0.2) is 36.8 Å². The zero-order chi connectivity index (χ0) is 18.2. The lowest BCUT2D eigenvalue weighted by Gasteiger charge is -2.16. The molecule has 6 heteroatoms. The summed E-state index contributed by atoms with van der Waals surface area (Å²) in [5, 5.41) is 9.59. The first-order valence-corrected chi connectivity index (χ1v) is 9.95. The van der Waals surface area contributed by atoms with Crippen LogP contribution in [-0.4, -0.2) is 43.6 Å². The predicted molar refractivity (Wildman–Crippen MR) is 103 cm³/mol. The molecule has 1 aliphatic carbocycles. The number of para-hydroxylation sites is 1. The minimum Gasteiger partial charge on any atom is -0.361 e. The summed E-state index contributed by atoms with van der Waals surface area (Å²) >= 11 is 0. The van der Waals surface area contributed by atoms with E-state index in [4.69, 9.17) is 0 Å². The molecule has 6 nitrogen and oxygen atoms in total. The van der Waals surface area contributed by atoms with Crippen LogP contribution in [0.2, 0.25) is 0 Å². The van der Waals surface area contributed by atoms with Gasteiger partial charge in [0.1, 0.15) is 12.2 Å². The number of carbonyl (C=O) groups is 1. The Bertz CT molecular complexity index is 954. The van der Waals surface area contributed by atoms with E-state index in [9.17, 15) is 4.79 Å². The highest BCUT2D eigenvalue weighted by Crippen LogP contribution is 2.31. The number of carbonyl (C=O) groups excluding carboxylic acids is 1. The first kappa shape index (κ1) is 16.5. The van der Waals surface area contributed by atoms with Crippen molar-refractivity contribution in [3.63, 3.8) is 0 Å². The zero-order valence-electron chi connectivity index (χ0n) is 15.5. The molecule has 2 fully saturated rings. The molecule has 0 spiro atoms. The highest BCUT2D eigenvalue weighted by Gasteiger charge is 2.29. The maximum Gasteiger partial charge on any atom is 0.227 e. The molecule has 1 unspecified atom stereocenters. The number of fused-ring (bicyclic) bond motifs is 1. The largest absolute Gasteiger partial charge is 0.361 e. The van der Waals surface area contributed by atoms with Crippen LogP contribution in [0.25, 0.3) is 10.9 Å². The van der Waals surface area contributed by atoms with E-state index in [-0.39, 0.29) is 5.91 Å². The highest BCUT2D eigenvalue weighted by atomic mass is 16.2. The van der Waals surface area contributed by atoms with Gasteiger partial charge in [-0.1, -0.05) is 18.2 Å². The molecule has 2 aliphatic rings. The van der Waals surface area contributed by atoms with Gasteiger partial charge in [0.25, 0.3) is 0 Å². The standard InChI is InChI=1S/C21H25N5O/c27-21(10-17-11-22-19-4-2-1-3-18(17)19)25-8-7-16(13-25)9-20-24-23-14-26(20)12-15-5-6-15/h1-4,11,14-16,22H,5-10,12-13H2. The summed E-state index contributed by atoms with van der Waals surface area (Å²) in [6.45, 7) is 2.73. The van der Waals surface area contributed by atoms with Crippen molar-refractivity contribution in [1.29, 1.82) is 0 Å². The Morgan fingerprint density at radius 3 is 2.96 bits per heavy atom. The van der Waals surface area contributed by atoms with E-state index >= 15 is 0 Å². The van der Waals surface area contributed by atoms with Gasteiger partial charge in [-0.15, -0.1) is 10.2 Å². The number of hydrogen-bond donors (Lipinski definition) is 1. The van der Waals surface area contributed by atoms with Crippen molar-refractivity contribution >= 4 is 16.8 Å². The number of H-pyrrole nitrogens is 1. The summed E-state index contributed by atoms with van der Waals surface area (Å²) in [5.74, 6) is 2.61. The molecule has 1 N–H and O–H groups in total. The van der Waals surface area contributed by atoms with Crippen molar-refractivity contribution in [2.45, 2.75) is 38.6 Å². The molecule has 0 radical (unpaired) electrons. The van der Waals surface area contributed by atoms with E-state index in [1.807, 2.05) is 35.6 Å². The number of amides is 1. The van der Waals surface area contributed by atoms with E-state index < -0.39 is 0 Å². The van der Waals surface area contributed by atoms with Crippen LogP contribution in [0.1, 0.15) is 30.7 Å². The van der Waals surface area contributed by atoms with Gasteiger partial charge in [0.05, 0.1) is 6.42 Å². The van der Waals surface area contributed by atoms with Crippen molar-refractivity contribution in [3.8, 4) is 0 Å². The number of benzene rings is 1. The summed E-state index contributed by atoms with van der Waals surface area (Å²) in [6, 6.07) is 8.16. The van der Waals surface area contributed by atoms with E-state index in [0.717, 1.165) is 60.7 Å². The number of hydrogen-bond acceptors (Lipinski definition) is 3. The Morgan fingerprint density at radius 1 is 1.19 bits per heavy atom. The molecule has 3 heterocycles.